The van der Waals surface area contributed by atoms with Gasteiger partial charge >= 0.3 is 0 Å². The fourth-order valence-electron chi connectivity index (χ4n) is 3.68. The number of hydrogen-bond donors (Lipinski definition) is 1. The number of nitrogens with one attached hydrogen (secondary N) is 1. The first kappa shape index (κ1) is 23.4. The van der Waals surface area contributed by atoms with E-state index in [1.807, 2.05) is 56.4 Å². The van der Waals surface area contributed by atoms with Gasteiger partial charge in [-0.15, -0.1) is 0 Å². The van der Waals surface area contributed by atoms with Crippen LogP contribution in [0, 0.1) is 0 Å². The van der Waals surface area contributed by atoms with Gasteiger partial charge in [0.05, 0.1) is 20.3 Å². The maximum absolute atomic E-state index is 12.7. The maximum atomic E-state index is 12.7. The number of likely N-dealkylation sites (N-methyl/N-ethyl adjacent to an activating group) is 1. The molecular weight excluding hydrogens is 400 g/mol. The van der Waals surface area contributed by atoms with E-state index in [0.717, 1.165) is 12.0 Å². The van der Waals surface area contributed by atoms with Crippen LogP contribution in [0.4, 0.5) is 0 Å². The van der Waals surface area contributed by atoms with Crippen LogP contribution in [0.1, 0.15) is 18.1 Å². The molecule has 0 spiro atoms. The van der Waals surface area contributed by atoms with Crippen LogP contribution < -0.4 is 14.8 Å². The SMILES string of the molecule is COc1ccc(CCNC(=O)C(C)N(C)Cc2ccccc2-c2ccccc2)cc1OC. The molecule has 0 radical (unpaired) electrons. The Kier molecular flexibility index (Phi) is 8.28. The van der Waals surface area contributed by atoms with Gasteiger partial charge in [-0.2, -0.15) is 0 Å². The number of benzene rings is 3. The summed E-state index contributed by atoms with van der Waals surface area (Å²) in [6.45, 7) is 3.19. The van der Waals surface area contributed by atoms with Gasteiger partial charge in [0.25, 0.3) is 0 Å². The average molecular weight is 433 g/mol. The summed E-state index contributed by atoms with van der Waals surface area (Å²) in [7, 11) is 5.23. The van der Waals surface area contributed by atoms with Crippen LogP contribution in [0.5, 0.6) is 11.5 Å². The fraction of sp³-hybridized carbons (Fsp3) is 0.296. The number of carbonyl (C=O) groups excluding carboxylic acids is 1. The minimum atomic E-state index is -0.246. The van der Waals surface area contributed by atoms with Crippen molar-refractivity contribution in [3.05, 3.63) is 83.9 Å². The molecule has 3 aromatic carbocycles. The first-order valence-corrected chi connectivity index (χ1v) is 10.9. The molecule has 168 valence electrons. The molecule has 0 aromatic heterocycles. The Hall–Kier alpha value is -3.31. The van der Waals surface area contributed by atoms with Crippen molar-refractivity contribution in [2.45, 2.75) is 25.9 Å². The summed E-state index contributed by atoms with van der Waals surface area (Å²) in [6.07, 6.45) is 0.722. The molecule has 5 heteroatoms. The lowest BCUT2D eigenvalue weighted by Gasteiger charge is -2.25. The normalized spacial score (nSPS) is 11.8. The zero-order chi connectivity index (χ0) is 22.9. The Balaban J connectivity index is 1.56. The molecule has 1 unspecified atom stereocenters. The van der Waals surface area contributed by atoms with Gasteiger partial charge in [0, 0.05) is 13.1 Å². The highest BCUT2D eigenvalue weighted by Crippen LogP contribution is 2.27. The third kappa shape index (κ3) is 5.89. The molecule has 5 nitrogen and oxygen atoms in total. The second-order valence-corrected chi connectivity index (χ2v) is 7.84. The molecule has 0 heterocycles. The number of amides is 1. The number of nitrogens with zero attached hydrogens (tertiary/aromatic N) is 1. The molecule has 0 saturated carbocycles. The lowest BCUT2D eigenvalue weighted by molar-refractivity contribution is -0.125. The molecule has 0 aliphatic rings. The summed E-state index contributed by atoms with van der Waals surface area (Å²) < 4.78 is 10.6. The minimum Gasteiger partial charge on any atom is -0.493 e. The van der Waals surface area contributed by atoms with Gasteiger partial charge in [-0.25, -0.2) is 0 Å². The summed E-state index contributed by atoms with van der Waals surface area (Å²) in [5.74, 6) is 1.41. The molecule has 1 N–H and O–H groups in total. The van der Waals surface area contributed by atoms with Gasteiger partial charge in [-0.1, -0.05) is 60.7 Å². The van der Waals surface area contributed by atoms with E-state index in [0.29, 0.717) is 24.6 Å². The molecular formula is C27H32N2O3. The fourth-order valence-corrected chi connectivity index (χ4v) is 3.68. The predicted octanol–water partition coefficient (Wildman–Crippen LogP) is 4.55. The molecule has 0 fully saturated rings. The number of rotatable bonds is 10. The molecule has 0 saturated heterocycles. The van der Waals surface area contributed by atoms with Gasteiger partial charge in [0.1, 0.15) is 0 Å². The first-order valence-electron chi connectivity index (χ1n) is 10.9. The molecule has 0 aliphatic carbocycles. The van der Waals surface area contributed by atoms with E-state index in [4.69, 9.17) is 9.47 Å². The smallest absolute Gasteiger partial charge is 0.237 e. The van der Waals surface area contributed by atoms with E-state index in [9.17, 15) is 4.79 Å². The van der Waals surface area contributed by atoms with Crippen molar-refractivity contribution >= 4 is 5.91 Å². The van der Waals surface area contributed by atoms with E-state index >= 15 is 0 Å². The first-order chi connectivity index (χ1) is 15.5. The highest BCUT2D eigenvalue weighted by Gasteiger charge is 2.19. The predicted molar refractivity (Wildman–Crippen MR) is 129 cm³/mol. The topological polar surface area (TPSA) is 50.8 Å². The van der Waals surface area contributed by atoms with Crippen LogP contribution in [0.2, 0.25) is 0 Å². The summed E-state index contributed by atoms with van der Waals surface area (Å²) in [5.41, 5.74) is 4.66. The molecule has 0 bridgehead atoms. The van der Waals surface area contributed by atoms with Crippen molar-refractivity contribution in [2.24, 2.45) is 0 Å². The molecule has 3 rings (SSSR count). The number of ether oxygens (including phenoxy) is 2. The summed E-state index contributed by atoms with van der Waals surface area (Å²) in [5, 5.41) is 3.06. The van der Waals surface area contributed by atoms with Crippen LogP contribution in [-0.2, 0) is 17.8 Å². The maximum Gasteiger partial charge on any atom is 0.237 e. The highest BCUT2D eigenvalue weighted by molar-refractivity contribution is 5.81. The summed E-state index contributed by atoms with van der Waals surface area (Å²) >= 11 is 0. The summed E-state index contributed by atoms with van der Waals surface area (Å²) in [6, 6.07) is 24.3. The number of carbonyl (C=O) groups is 1. The van der Waals surface area contributed by atoms with Crippen molar-refractivity contribution in [1.29, 1.82) is 0 Å². The lowest BCUT2D eigenvalue weighted by Crippen LogP contribution is -2.43. The number of hydrogen-bond acceptors (Lipinski definition) is 4. The van der Waals surface area contributed by atoms with E-state index < -0.39 is 0 Å². The van der Waals surface area contributed by atoms with Crippen LogP contribution in [0.25, 0.3) is 11.1 Å². The van der Waals surface area contributed by atoms with Gasteiger partial charge in [-0.05, 0) is 54.8 Å². The molecule has 0 aliphatic heterocycles. The monoisotopic (exact) mass is 432 g/mol. The third-order valence-corrected chi connectivity index (χ3v) is 5.72. The van der Waals surface area contributed by atoms with Gasteiger partial charge < -0.3 is 14.8 Å². The van der Waals surface area contributed by atoms with Crippen molar-refractivity contribution in [2.75, 3.05) is 27.8 Å². The third-order valence-electron chi connectivity index (χ3n) is 5.72. The van der Waals surface area contributed by atoms with Crippen molar-refractivity contribution in [3.8, 4) is 22.6 Å². The van der Waals surface area contributed by atoms with E-state index in [1.54, 1.807) is 14.2 Å². The zero-order valence-corrected chi connectivity index (χ0v) is 19.3. The largest absolute Gasteiger partial charge is 0.493 e. The van der Waals surface area contributed by atoms with Gasteiger partial charge in [-0.3, -0.25) is 9.69 Å². The van der Waals surface area contributed by atoms with Crippen molar-refractivity contribution in [1.82, 2.24) is 10.2 Å². The lowest BCUT2D eigenvalue weighted by atomic mass is 9.99. The summed E-state index contributed by atoms with van der Waals surface area (Å²) in [4.78, 5) is 14.8. The minimum absolute atomic E-state index is 0.0187. The average Bonchev–Trinajstić information content (AvgIpc) is 2.84. The van der Waals surface area contributed by atoms with Crippen molar-refractivity contribution < 1.29 is 14.3 Å². The molecule has 3 aromatic rings. The van der Waals surface area contributed by atoms with Crippen LogP contribution in [0.3, 0.4) is 0 Å². The van der Waals surface area contributed by atoms with E-state index in [2.05, 4.69) is 40.5 Å². The Morgan fingerprint density at radius 1 is 0.938 bits per heavy atom. The van der Waals surface area contributed by atoms with Gasteiger partial charge in [0.15, 0.2) is 11.5 Å². The molecule has 1 amide bonds. The number of methoxy groups -OCH3 is 2. The Morgan fingerprint density at radius 3 is 2.34 bits per heavy atom. The Bertz CT molecular complexity index is 1020. The zero-order valence-electron chi connectivity index (χ0n) is 19.3. The van der Waals surface area contributed by atoms with Crippen LogP contribution in [0.15, 0.2) is 72.8 Å². The van der Waals surface area contributed by atoms with Gasteiger partial charge in [0.2, 0.25) is 5.91 Å². The second-order valence-electron chi connectivity index (χ2n) is 7.84. The quantitative estimate of drug-likeness (QED) is 0.511. The second kappa shape index (κ2) is 11.3. The van der Waals surface area contributed by atoms with E-state index in [-0.39, 0.29) is 11.9 Å². The Morgan fingerprint density at radius 2 is 1.62 bits per heavy atom. The highest BCUT2D eigenvalue weighted by atomic mass is 16.5. The molecule has 32 heavy (non-hydrogen) atoms. The van der Waals surface area contributed by atoms with E-state index in [1.165, 1.54) is 16.7 Å². The van der Waals surface area contributed by atoms with Crippen LogP contribution >= 0.6 is 0 Å². The van der Waals surface area contributed by atoms with Crippen molar-refractivity contribution in [3.63, 3.8) is 0 Å². The standard InChI is InChI=1S/C27H32N2O3/c1-20(27(30)28-17-16-21-14-15-25(31-3)26(18-21)32-4)29(2)19-23-12-8-9-13-24(23)22-10-6-5-7-11-22/h5-15,18,20H,16-17,19H2,1-4H3,(H,28,30). The Labute approximate surface area is 191 Å². The molecule has 1 atom stereocenters. The van der Waals surface area contributed by atoms with Crippen LogP contribution in [-0.4, -0.2) is 44.7 Å².